The second kappa shape index (κ2) is 4.38. The minimum absolute atomic E-state index is 0.0366. The summed E-state index contributed by atoms with van der Waals surface area (Å²) in [6, 6.07) is 9.15. The van der Waals surface area contributed by atoms with Gasteiger partial charge in [0.25, 0.3) is 0 Å². The molecular weight excluding hydrogens is 156 g/mol. The highest BCUT2D eigenvalue weighted by Crippen LogP contribution is 2.07. The molecule has 0 radical (unpaired) electrons. The molecule has 64 valence electrons. The molecule has 1 rings (SSSR count). The number of aliphatic carboxylic acids is 1. The molecule has 0 atom stereocenters. The molecule has 0 aliphatic carbocycles. The third kappa shape index (κ3) is 3.05. The molecule has 0 spiro atoms. The molecule has 0 amide bonds. The Balaban J connectivity index is 2.29. The summed E-state index contributed by atoms with van der Waals surface area (Å²) in [6.45, 7) is 0.222. The quantitative estimate of drug-likeness (QED) is 0.738. The lowest BCUT2D eigenvalue weighted by molar-refractivity contribution is -0.137. The minimum atomic E-state index is -0.842. The van der Waals surface area contributed by atoms with Crippen molar-refractivity contribution in [1.29, 1.82) is 0 Å². The van der Waals surface area contributed by atoms with Crippen LogP contribution in [0.15, 0.2) is 30.3 Å². The Morgan fingerprint density at radius 3 is 2.58 bits per heavy atom. The van der Waals surface area contributed by atoms with Crippen LogP contribution in [0.1, 0.15) is 6.42 Å². The van der Waals surface area contributed by atoms with Crippen molar-refractivity contribution in [2.24, 2.45) is 0 Å². The average molecular weight is 166 g/mol. The standard InChI is InChI=1S/C9H10O3/c10-9(11)6-7-12-8-4-2-1-3-5-8/h1-5H,6-7H2,(H,10,11). The molecule has 0 heterocycles. The van der Waals surface area contributed by atoms with E-state index in [1.54, 1.807) is 12.1 Å². The first-order valence-electron chi connectivity index (χ1n) is 3.68. The van der Waals surface area contributed by atoms with Gasteiger partial charge in [-0.3, -0.25) is 4.79 Å². The zero-order chi connectivity index (χ0) is 8.81. The average Bonchev–Trinajstić information content (AvgIpc) is 2.05. The van der Waals surface area contributed by atoms with E-state index in [-0.39, 0.29) is 13.0 Å². The molecule has 0 aromatic heterocycles. The van der Waals surface area contributed by atoms with Crippen molar-refractivity contribution >= 4 is 5.97 Å². The summed E-state index contributed by atoms with van der Waals surface area (Å²) in [5, 5.41) is 8.31. The Hall–Kier alpha value is -1.51. The first kappa shape index (κ1) is 8.59. The van der Waals surface area contributed by atoms with Crippen LogP contribution in [-0.2, 0) is 4.79 Å². The molecule has 12 heavy (non-hydrogen) atoms. The zero-order valence-electron chi connectivity index (χ0n) is 6.56. The van der Waals surface area contributed by atoms with Crippen LogP contribution < -0.4 is 4.74 Å². The van der Waals surface area contributed by atoms with Crippen LogP contribution in [0.3, 0.4) is 0 Å². The van der Waals surface area contributed by atoms with E-state index in [1.807, 2.05) is 18.2 Å². The van der Waals surface area contributed by atoms with Crippen molar-refractivity contribution in [2.45, 2.75) is 6.42 Å². The first-order valence-corrected chi connectivity index (χ1v) is 3.68. The third-order valence-electron chi connectivity index (χ3n) is 1.33. The second-order valence-electron chi connectivity index (χ2n) is 2.31. The predicted molar refractivity (Wildman–Crippen MR) is 44.2 cm³/mol. The van der Waals surface area contributed by atoms with E-state index < -0.39 is 5.97 Å². The monoisotopic (exact) mass is 166 g/mol. The molecule has 1 N–H and O–H groups in total. The van der Waals surface area contributed by atoms with Gasteiger partial charge in [-0.2, -0.15) is 0 Å². The molecule has 0 saturated carbocycles. The van der Waals surface area contributed by atoms with Gasteiger partial charge in [0.2, 0.25) is 0 Å². The van der Waals surface area contributed by atoms with Gasteiger partial charge >= 0.3 is 5.97 Å². The summed E-state index contributed by atoms with van der Waals surface area (Å²) >= 11 is 0. The highest BCUT2D eigenvalue weighted by Gasteiger charge is 1.96. The Kier molecular flexibility index (Phi) is 3.14. The van der Waals surface area contributed by atoms with Crippen molar-refractivity contribution in [3.8, 4) is 5.75 Å². The van der Waals surface area contributed by atoms with Crippen LogP contribution in [0.5, 0.6) is 5.75 Å². The number of rotatable bonds is 4. The number of para-hydroxylation sites is 1. The smallest absolute Gasteiger partial charge is 0.306 e. The van der Waals surface area contributed by atoms with Crippen LogP contribution in [0.2, 0.25) is 0 Å². The number of ether oxygens (including phenoxy) is 1. The van der Waals surface area contributed by atoms with Crippen LogP contribution in [-0.4, -0.2) is 17.7 Å². The number of hydrogen-bond acceptors (Lipinski definition) is 2. The summed E-state index contributed by atoms with van der Waals surface area (Å²) < 4.78 is 5.14. The van der Waals surface area contributed by atoms with E-state index in [0.717, 1.165) is 0 Å². The number of carbonyl (C=O) groups is 1. The molecule has 1 aromatic rings. The Morgan fingerprint density at radius 1 is 1.33 bits per heavy atom. The normalized spacial score (nSPS) is 9.33. The number of hydrogen-bond donors (Lipinski definition) is 1. The topological polar surface area (TPSA) is 46.5 Å². The van der Waals surface area contributed by atoms with Gasteiger partial charge in [-0.05, 0) is 12.1 Å². The van der Waals surface area contributed by atoms with Gasteiger partial charge in [0, 0.05) is 0 Å². The third-order valence-corrected chi connectivity index (χ3v) is 1.33. The van der Waals surface area contributed by atoms with Crippen molar-refractivity contribution in [2.75, 3.05) is 6.61 Å². The van der Waals surface area contributed by atoms with E-state index in [4.69, 9.17) is 9.84 Å². The minimum Gasteiger partial charge on any atom is -0.493 e. The summed E-state index contributed by atoms with van der Waals surface area (Å²) in [4.78, 5) is 10.1. The second-order valence-corrected chi connectivity index (χ2v) is 2.31. The largest absolute Gasteiger partial charge is 0.493 e. The van der Waals surface area contributed by atoms with Gasteiger partial charge in [-0.15, -0.1) is 0 Å². The fourth-order valence-electron chi connectivity index (χ4n) is 0.773. The highest BCUT2D eigenvalue weighted by molar-refractivity contribution is 5.66. The summed E-state index contributed by atoms with van der Waals surface area (Å²) in [5.74, 6) is -0.135. The lowest BCUT2D eigenvalue weighted by atomic mass is 10.3. The molecule has 0 fully saturated rings. The summed E-state index contributed by atoms with van der Waals surface area (Å²) in [7, 11) is 0. The van der Waals surface area contributed by atoms with Crippen LogP contribution in [0, 0.1) is 0 Å². The lowest BCUT2D eigenvalue weighted by Gasteiger charge is -2.02. The summed E-state index contributed by atoms with van der Waals surface area (Å²) in [6.07, 6.45) is 0.0366. The fraction of sp³-hybridized carbons (Fsp3) is 0.222. The SMILES string of the molecule is O=C(O)CCOc1ccccc1. The van der Waals surface area contributed by atoms with Crippen LogP contribution >= 0.6 is 0 Å². The summed E-state index contributed by atoms with van der Waals surface area (Å²) in [5.41, 5.74) is 0. The number of carboxylic acid groups (broad SMARTS) is 1. The predicted octanol–water partition coefficient (Wildman–Crippen LogP) is 1.54. The van der Waals surface area contributed by atoms with Crippen molar-refractivity contribution < 1.29 is 14.6 Å². The zero-order valence-corrected chi connectivity index (χ0v) is 6.56. The molecule has 0 saturated heterocycles. The van der Waals surface area contributed by atoms with E-state index in [0.29, 0.717) is 5.75 Å². The van der Waals surface area contributed by atoms with Crippen molar-refractivity contribution in [3.63, 3.8) is 0 Å². The molecule has 0 aliphatic heterocycles. The van der Waals surface area contributed by atoms with E-state index >= 15 is 0 Å². The van der Waals surface area contributed by atoms with Gasteiger partial charge in [-0.25, -0.2) is 0 Å². The fourth-order valence-corrected chi connectivity index (χ4v) is 0.773. The Morgan fingerprint density at radius 2 is 2.00 bits per heavy atom. The molecule has 0 aliphatic rings. The maximum atomic E-state index is 10.1. The number of carboxylic acids is 1. The molecule has 3 heteroatoms. The van der Waals surface area contributed by atoms with E-state index in [1.165, 1.54) is 0 Å². The maximum Gasteiger partial charge on any atom is 0.306 e. The first-order chi connectivity index (χ1) is 5.79. The van der Waals surface area contributed by atoms with Crippen molar-refractivity contribution in [1.82, 2.24) is 0 Å². The van der Waals surface area contributed by atoms with Gasteiger partial charge < -0.3 is 9.84 Å². The lowest BCUT2D eigenvalue weighted by Crippen LogP contribution is -2.04. The maximum absolute atomic E-state index is 10.1. The van der Waals surface area contributed by atoms with Gasteiger partial charge in [0.15, 0.2) is 0 Å². The van der Waals surface area contributed by atoms with Gasteiger partial charge in [0.05, 0.1) is 13.0 Å². The van der Waals surface area contributed by atoms with Crippen molar-refractivity contribution in [3.05, 3.63) is 30.3 Å². The van der Waals surface area contributed by atoms with E-state index in [9.17, 15) is 4.79 Å². The molecular formula is C9H10O3. The Bertz CT molecular complexity index is 243. The Labute approximate surface area is 70.6 Å². The van der Waals surface area contributed by atoms with Gasteiger partial charge in [-0.1, -0.05) is 18.2 Å². The van der Waals surface area contributed by atoms with E-state index in [2.05, 4.69) is 0 Å². The number of benzene rings is 1. The molecule has 0 bridgehead atoms. The molecule has 0 unspecified atom stereocenters. The molecule has 1 aromatic carbocycles. The molecule has 3 nitrogen and oxygen atoms in total. The highest BCUT2D eigenvalue weighted by atomic mass is 16.5. The van der Waals surface area contributed by atoms with Gasteiger partial charge in [0.1, 0.15) is 5.75 Å². The van der Waals surface area contributed by atoms with Crippen LogP contribution in [0.25, 0.3) is 0 Å². The van der Waals surface area contributed by atoms with Crippen LogP contribution in [0.4, 0.5) is 0 Å².